The Kier molecular flexibility index (Phi) is 8.06. The topological polar surface area (TPSA) is 72.8 Å². The quantitative estimate of drug-likeness (QED) is 0.618. The summed E-state index contributed by atoms with van der Waals surface area (Å²) >= 11 is 6.12. The number of fused-ring (bicyclic) bond motifs is 1. The van der Waals surface area contributed by atoms with Crippen LogP contribution in [0.3, 0.4) is 0 Å². The Labute approximate surface area is 207 Å². The zero-order valence-corrected chi connectivity index (χ0v) is 21.2. The van der Waals surface area contributed by atoms with E-state index in [-0.39, 0.29) is 24.5 Å². The predicted octanol–water partition coefficient (Wildman–Crippen LogP) is 3.31. The summed E-state index contributed by atoms with van der Waals surface area (Å²) in [4.78, 5) is 29.4. The third kappa shape index (κ3) is 5.37. The van der Waals surface area contributed by atoms with Crippen LogP contribution in [0.5, 0.6) is 0 Å². The van der Waals surface area contributed by atoms with Gasteiger partial charge in [-0.05, 0) is 50.3 Å². The Morgan fingerprint density at radius 3 is 2.53 bits per heavy atom. The van der Waals surface area contributed by atoms with Gasteiger partial charge in [-0.2, -0.15) is 0 Å². The number of aryl methyl sites for hydroxylation is 1. The van der Waals surface area contributed by atoms with Crippen LogP contribution in [0.1, 0.15) is 55.8 Å². The van der Waals surface area contributed by atoms with Gasteiger partial charge < -0.3 is 14.9 Å². The summed E-state index contributed by atoms with van der Waals surface area (Å²) in [6.45, 7) is 10.5. The Hall–Kier alpha value is -2.22. The lowest BCUT2D eigenvalue weighted by molar-refractivity contribution is -0.133. The van der Waals surface area contributed by atoms with Crippen molar-refractivity contribution >= 4 is 23.3 Å². The fraction of sp³-hybridized carbons (Fsp3) is 0.577. The Morgan fingerprint density at radius 1 is 1.18 bits per heavy atom. The van der Waals surface area contributed by atoms with Crippen LogP contribution in [0.4, 0.5) is 5.82 Å². The molecule has 2 heterocycles. The van der Waals surface area contributed by atoms with Crippen LogP contribution in [0.15, 0.2) is 30.6 Å². The van der Waals surface area contributed by atoms with Crippen LogP contribution in [0, 0.1) is 0 Å². The molecule has 34 heavy (non-hydrogen) atoms. The first-order valence-electron chi connectivity index (χ1n) is 12.4. The fourth-order valence-corrected chi connectivity index (χ4v) is 5.30. The van der Waals surface area contributed by atoms with Crippen LogP contribution in [-0.4, -0.2) is 82.7 Å². The van der Waals surface area contributed by atoms with Crippen molar-refractivity contribution in [3.05, 3.63) is 52.4 Å². The number of piperazine rings is 1. The average Bonchev–Trinajstić information content (AvgIpc) is 3.23. The summed E-state index contributed by atoms with van der Waals surface area (Å²) < 4.78 is 0. The van der Waals surface area contributed by atoms with Crippen molar-refractivity contribution in [2.45, 2.75) is 51.5 Å². The van der Waals surface area contributed by atoms with Gasteiger partial charge in [0, 0.05) is 61.6 Å². The highest BCUT2D eigenvalue weighted by Crippen LogP contribution is 2.37. The van der Waals surface area contributed by atoms with E-state index in [0.717, 1.165) is 37.3 Å². The van der Waals surface area contributed by atoms with Gasteiger partial charge in [0.05, 0.1) is 12.5 Å². The van der Waals surface area contributed by atoms with Gasteiger partial charge >= 0.3 is 0 Å². The van der Waals surface area contributed by atoms with E-state index in [2.05, 4.69) is 40.5 Å². The van der Waals surface area contributed by atoms with Crippen molar-refractivity contribution < 1.29 is 9.90 Å². The third-order valence-corrected chi connectivity index (χ3v) is 7.50. The second kappa shape index (κ2) is 11.0. The minimum absolute atomic E-state index is 0.0695. The molecule has 8 heteroatoms. The lowest BCUT2D eigenvalue weighted by Crippen LogP contribution is -2.52. The molecule has 0 bridgehead atoms. The highest BCUT2D eigenvalue weighted by Gasteiger charge is 2.33. The normalized spacial score (nSPS) is 19.1. The molecule has 0 saturated carbocycles. The van der Waals surface area contributed by atoms with Crippen LogP contribution in [0.2, 0.25) is 5.02 Å². The molecule has 1 N–H and O–H groups in total. The summed E-state index contributed by atoms with van der Waals surface area (Å²) in [5.41, 5.74) is 3.43. The first-order valence-corrected chi connectivity index (χ1v) is 12.7. The van der Waals surface area contributed by atoms with E-state index in [1.807, 2.05) is 29.2 Å². The number of hydrogen-bond acceptors (Lipinski definition) is 6. The molecule has 2 aliphatic rings. The number of benzene rings is 1. The van der Waals surface area contributed by atoms with Crippen molar-refractivity contribution in [3.8, 4) is 0 Å². The van der Waals surface area contributed by atoms with Crippen molar-refractivity contribution in [2.75, 3.05) is 50.8 Å². The standard InChI is InChI=1S/C26H36ClN5O2/c1-18(2)32(14-15-33)16-22(20-5-7-21(27)8-6-20)26(34)31-12-10-30(11-13-31)25-24-19(3)4-9-23(24)28-17-29-25/h5-8,17-19,22,33H,4,9-16H2,1-3H3/t19-,22-/m1/s1. The number of nitrogens with zero attached hydrogens (tertiary/aromatic N) is 5. The average molecular weight is 486 g/mol. The van der Waals surface area contributed by atoms with Gasteiger partial charge in [0.25, 0.3) is 0 Å². The first-order chi connectivity index (χ1) is 16.4. The SMILES string of the molecule is CC(C)N(CCO)C[C@@H](C(=O)N1CCN(c2ncnc3c2[C@H](C)CC3)CC1)c1ccc(Cl)cc1. The summed E-state index contributed by atoms with van der Waals surface area (Å²) in [6.07, 6.45) is 3.83. The Balaban J connectivity index is 1.49. The van der Waals surface area contributed by atoms with Crippen molar-refractivity contribution in [3.63, 3.8) is 0 Å². The van der Waals surface area contributed by atoms with E-state index in [1.54, 1.807) is 6.33 Å². The summed E-state index contributed by atoms with van der Waals surface area (Å²) in [7, 11) is 0. The highest BCUT2D eigenvalue weighted by molar-refractivity contribution is 6.30. The van der Waals surface area contributed by atoms with Crippen molar-refractivity contribution in [1.29, 1.82) is 0 Å². The number of rotatable bonds is 8. The number of carbonyl (C=O) groups is 1. The molecular weight excluding hydrogens is 450 g/mol. The molecule has 2 aromatic rings. The molecule has 4 rings (SSSR count). The van der Waals surface area contributed by atoms with Gasteiger partial charge in [-0.1, -0.05) is 30.7 Å². The summed E-state index contributed by atoms with van der Waals surface area (Å²) in [5.74, 6) is 1.35. The highest BCUT2D eigenvalue weighted by atomic mass is 35.5. The van der Waals surface area contributed by atoms with E-state index >= 15 is 0 Å². The second-order valence-corrected chi connectivity index (χ2v) is 10.2. The van der Waals surface area contributed by atoms with Gasteiger partial charge in [0.15, 0.2) is 0 Å². The maximum atomic E-state index is 13.8. The number of carbonyl (C=O) groups excluding carboxylic acids is 1. The van der Waals surface area contributed by atoms with Crippen molar-refractivity contribution in [1.82, 2.24) is 19.8 Å². The maximum absolute atomic E-state index is 13.8. The zero-order valence-electron chi connectivity index (χ0n) is 20.5. The smallest absolute Gasteiger partial charge is 0.231 e. The zero-order chi connectivity index (χ0) is 24.2. The van der Waals surface area contributed by atoms with E-state index in [0.29, 0.717) is 37.1 Å². The van der Waals surface area contributed by atoms with Crippen LogP contribution >= 0.6 is 11.6 Å². The molecule has 1 fully saturated rings. The minimum atomic E-state index is -0.305. The lowest BCUT2D eigenvalue weighted by Gasteiger charge is -2.39. The molecule has 1 aliphatic heterocycles. The molecule has 1 aromatic heterocycles. The fourth-order valence-electron chi connectivity index (χ4n) is 5.18. The van der Waals surface area contributed by atoms with Crippen molar-refractivity contribution in [2.24, 2.45) is 0 Å². The molecule has 0 unspecified atom stereocenters. The number of aliphatic hydroxyl groups excluding tert-OH is 1. The number of hydrogen-bond donors (Lipinski definition) is 1. The van der Waals surface area contributed by atoms with Gasteiger partial charge in [-0.3, -0.25) is 9.69 Å². The van der Waals surface area contributed by atoms with Crippen LogP contribution in [0.25, 0.3) is 0 Å². The van der Waals surface area contributed by atoms with Gasteiger partial charge in [-0.15, -0.1) is 0 Å². The molecule has 1 amide bonds. The maximum Gasteiger partial charge on any atom is 0.231 e. The van der Waals surface area contributed by atoms with E-state index in [1.165, 1.54) is 11.3 Å². The molecular formula is C26H36ClN5O2. The Morgan fingerprint density at radius 2 is 1.88 bits per heavy atom. The number of aromatic nitrogens is 2. The molecule has 1 aromatic carbocycles. The number of aliphatic hydroxyl groups is 1. The van der Waals surface area contributed by atoms with Crippen LogP contribution in [-0.2, 0) is 11.2 Å². The summed E-state index contributed by atoms with van der Waals surface area (Å²) in [6, 6.07) is 7.82. The van der Waals surface area contributed by atoms with E-state index in [4.69, 9.17) is 11.6 Å². The molecule has 1 saturated heterocycles. The predicted molar refractivity (Wildman–Crippen MR) is 136 cm³/mol. The molecule has 0 spiro atoms. The lowest BCUT2D eigenvalue weighted by atomic mass is 9.95. The molecule has 184 valence electrons. The molecule has 2 atom stereocenters. The molecule has 7 nitrogen and oxygen atoms in total. The summed E-state index contributed by atoms with van der Waals surface area (Å²) in [5, 5.41) is 10.2. The first kappa shape index (κ1) is 24.9. The van der Waals surface area contributed by atoms with E-state index < -0.39 is 0 Å². The number of halogens is 1. The largest absolute Gasteiger partial charge is 0.395 e. The van der Waals surface area contributed by atoms with Gasteiger partial charge in [-0.25, -0.2) is 9.97 Å². The van der Waals surface area contributed by atoms with E-state index in [9.17, 15) is 9.90 Å². The molecule has 0 radical (unpaired) electrons. The van der Waals surface area contributed by atoms with Crippen LogP contribution < -0.4 is 4.90 Å². The minimum Gasteiger partial charge on any atom is -0.395 e. The van der Waals surface area contributed by atoms with Gasteiger partial charge in [0.1, 0.15) is 12.1 Å². The number of anilines is 1. The number of amides is 1. The second-order valence-electron chi connectivity index (χ2n) is 9.73. The van der Waals surface area contributed by atoms with Gasteiger partial charge in [0.2, 0.25) is 5.91 Å². The Bertz CT molecular complexity index is 976. The third-order valence-electron chi connectivity index (χ3n) is 7.25. The monoisotopic (exact) mass is 485 g/mol. The molecule has 1 aliphatic carbocycles.